The molecule has 0 atom stereocenters. The van der Waals surface area contributed by atoms with Gasteiger partial charge in [-0.25, -0.2) is 0 Å². The molecule has 0 aliphatic heterocycles. The Labute approximate surface area is 72.6 Å². The van der Waals surface area contributed by atoms with Crippen LogP contribution < -0.4 is 5.32 Å². The Kier molecular flexibility index (Phi) is 5.02. The topological polar surface area (TPSA) is 12.0 Å². The molecule has 0 aliphatic rings. The van der Waals surface area contributed by atoms with E-state index in [-0.39, 0.29) is 0 Å². The van der Waals surface area contributed by atoms with Gasteiger partial charge in [0.1, 0.15) is 0 Å². The quantitative estimate of drug-likeness (QED) is 0.498. The minimum Gasteiger partial charge on any atom is -0.315 e. The van der Waals surface area contributed by atoms with Crippen LogP contribution in [0, 0.1) is 0 Å². The van der Waals surface area contributed by atoms with Crippen molar-refractivity contribution in [2.24, 2.45) is 0 Å². The number of hydrogen-bond donors (Lipinski definition) is 1. The Balaban J connectivity index is 3.15. The summed E-state index contributed by atoms with van der Waals surface area (Å²) in [5.41, 5.74) is 0. The van der Waals surface area contributed by atoms with Crippen molar-refractivity contribution in [3.05, 3.63) is 0 Å². The Bertz CT molecular complexity index is 94.2. The van der Waals surface area contributed by atoms with E-state index in [9.17, 15) is 0 Å². The zero-order valence-corrected chi connectivity index (χ0v) is 9.70. The summed E-state index contributed by atoms with van der Waals surface area (Å²) in [6, 6.07) is 2.10. The minimum atomic E-state index is -0.769. The third kappa shape index (κ3) is 10.2. The van der Waals surface area contributed by atoms with Crippen molar-refractivity contribution < 1.29 is 0 Å². The molecule has 0 heterocycles. The summed E-state index contributed by atoms with van der Waals surface area (Å²) in [7, 11) is -0.769. The van der Waals surface area contributed by atoms with Crippen molar-refractivity contribution in [1.29, 1.82) is 0 Å². The van der Waals surface area contributed by atoms with Gasteiger partial charge in [-0.2, -0.15) is 0 Å². The lowest BCUT2D eigenvalue weighted by atomic mass is 10.4. The molecular weight excluding hydrogens is 150 g/mol. The summed E-state index contributed by atoms with van der Waals surface area (Å²) in [6.07, 6.45) is 1.36. The van der Waals surface area contributed by atoms with Crippen molar-refractivity contribution >= 4 is 8.07 Å². The van der Waals surface area contributed by atoms with Crippen molar-refractivity contribution in [3.63, 3.8) is 0 Å². The van der Waals surface area contributed by atoms with Gasteiger partial charge in [-0.1, -0.05) is 39.5 Å². The second kappa shape index (κ2) is 4.94. The third-order valence-corrected chi connectivity index (χ3v) is 3.51. The lowest BCUT2D eigenvalue weighted by Crippen LogP contribution is -2.26. The van der Waals surface area contributed by atoms with Crippen molar-refractivity contribution in [2.75, 3.05) is 6.54 Å². The number of hydrogen-bond acceptors (Lipinski definition) is 1. The molecule has 0 aromatic carbocycles. The van der Waals surface area contributed by atoms with Gasteiger partial charge in [0.2, 0.25) is 0 Å². The van der Waals surface area contributed by atoms with Crippen molar-refractivity contribution in [3.8, 4) is 0 Å². The summed E-state index contributed by atoms with van der Waals surface area (Å²) < 4.78 is 0. The average Bonchev–Trinajstić information content (AvgIpc) is 1.78. The van der Waals surface area contributed by atoms with E-state index in [1.165, 1.54) is 19.0 Å². The largest absolute Gasteiger partial charge is 0.315 e. The van der Waals surface area contributed by atoms with Crippen molar-refractivity contribution in [2.45, 2.75) is 52.0 Å². The molecule has 0 unspecified atom stereocenters. The maximum absolute atomic E-state index is 3.44. The molecule has 0 saturated heterocycles. The molecule has 0 aromatic heterocycles. The van der Waals surface area contributed by atoms with Gasteiger partial charge in [0.15, 0.2) is 0 Å². The first-order valence-corrected chi connectivity index (χ1v) is 8.36. The van der Waals surface area contributed by atoms with Gasteiger partial charge in [0.25, 0.3) is 0 Å². The lowest BCUT2D eigenvalue weighted by Gasteiger charge is -2.16. The van der Waals surface area contributed by atoms with E-state index in [4.69, 9.17) is 0 Å². The molecule has 2 heteroatoms. The fourth-order valence-corrected chi connectivity index (χ4v) is 2.25. The van der Waals surface area contributed by atoms with Gasteiger partial charge < -0.3 is 5.32 Å². The monoisotopic (exact) mass is 173 g/mol. The van der Waals surface area contributed by atoms with Gasteiger partial charge >= 0.3 is 0 Å². The maximum Gasteiger partial charge on any atom is 0.0443 e. The predicted molar refractivity (Wildman–Crippen MR) is 55.9 cm³/mol. The molecule has 1 N–H and O–H groups in total. The predicted octanol–water partition coefficient (Wildman–Crippen LogP) is 2.71. The van der Waals surface area contributed by atoms with E-state index in [0.29, 0.717) is 6.04 Å². The highest BCUT2D eigenvalue weighted by atomic mass is 28.3. The standard InChI is InChI=1S/C9H23NSi/c1-9(2)10-7-6-8-11(3,4)5/h9-10H,6-8H2,1-5H3. The van der Waals surface area contributed by atoms with Crippen molar-refractivity contribution in [1.82, 2.24) is 5.32 Å². The van der Waals surface area contributed by atoms with Gasteiger partial charge in [0.05, 0.1) is 0 Å². The summed E-state index contributed by atoms with van der Waals surface area (Å²) in [4.78, 5) is 0. The zero-order chi connectivity index (χ0) is 8.91. The molecule has 68 valence electrons. The third-order valence-electron chi connectivity index (χ3n) is 1.66. The fourth-order valence-electron chi connectivity index (χ4n) is 1.01. The van der Waals surface area contributed by atoms with E-state index >= 15 is 0 Å². The Morgan fingerprint density at radius 2 is 1.73 bits per heavy atom. The normalized spacial score (nSPS) is 12.5. The summed E-state index contributed by atoms with van der Waals surface area (Å²) >= 11 is 0. The van der Waals surface area contributed by atoms with Gasteiger partial charge in [-0.05, 0) is 13.0 Å². The van der Waals surface area contributed by atoms with E-state index in [1.807, 2.05) is 0 Å². The molecule has 0 saturated carbocycles. The molecule has 0 radical (unpaired) electrons. The van der Waals surface area contributed by atoms with Gasteiger partial charge in [0, 0.05) is 14.1 Å². The molecule has 0 bridgehead atoms. The van der Waals surface area contributed by atoms with Crippen LogP contribution in [-0.2, 0) is 0 Å². The Morgan fingerprint density at radius 3 is 2.09 bits per heavy atom. The van der Waals surface area contributed by atoms with Crippen LogP contribution in [0.5, 0.6) is 0 Å². The Hall–Kier alpha value is 0.177. The molecule has 0 amide bonds. The summed E-state index contributed by atoms with van der Waals surface area (Å²) in [6.45, 7) is 12.9. The second-order valence-corrected chi connectivity index (χ2v) is 10.4. The van der Waals surface area contributed by atoms with E-state index in [2.05, 4.69) is 38.8 Å². The summed E-state index contributed by atoms with van der Waals surface area (Å²) in [5.74, 6) is 0. The Morgan fingerprint density at radius 1 is 1.18 bits per heavy atom. The van der Waals surface area contributed by atoms with Crippen LogP contribution in [0.2, 0.25) is 25.7 Å². The first-order chi connectivity index (χ1) is 4.92. The summed E-state index contributed by atoms with van der Waals surface area (Å²) in [5, 5.41) is 3.44. The first-order valence-electron chi connectivity index (χ1n) is 4.65. The smallest absolute Gasteiger partial charge is 0.0443 e. The molecular formula is C9H23NSi. The lowest BCUT2D eigenvalue weighted by molar-refractivity contribution is 0.582. The van der Waals surface area contributed by atoms with Crippen LogP contribution in [0.3, 0.4) is 0 Å². The number of nitrogens with one attached hydrogen (secondary N) is 1. The minimum absolute atomic E-state index is 0.650. The maximum atomic E-state index is 3.44. The highest BCUT2D eigenvalue weighted by Crippen LogP contribution is 2.09. The van der Waals surface area contributed by atoms with E-state index in [0.717, 1.165) is 0 Å². The van der Waals surface area contributed by atoms with Crippen LogP contribution in [0.4, 0.5) is 0 Å². The second-order valence-electron chi connectivity index (χ2n) is 4.77. The molecule has 1 nitrogen and oxygen atoms in total. The van der Waals surface area contributed by atoms with Gasteiger partial charge in [-0.15, -0.1) is 0 Å². The SMILES string of the molecule is CC(C)NCCC[Si](C)(C)C. The van der Waals surface area contributed by atoms with E-state index < -0.39 is 8.07 Å². The van der Waals surface area contributed by atoms with Crippen LogP contribution in [0.15, 0.2) is 0 Å². The molecule has 0 spiro atoms. The highest BCUT2D eigenvalue weighted by molar-refractivity contribution is 6.76. The zero-order valence-electron chi connectivity index (χ0n) is 8.70. The number of rotatable bonds is 5. The molecule has 11 heavy (non-hydrogen) atoms. The highest BCUT2D eigenvalue weighted by Gasteiger charge is 2.11. The van der Waals surface area contributed by atoms with Crippen LogP contribution in [0.25, 0.3) is 0 Å². The molecule has 0 fully saturated rings. The molecule has 0 aliphatic carbocycles. The van der Waals surface area contributed by atoms with Gasteiger partial charge in [-0.3, -0.25) is 0 Å². The molecule has 0 aromatic rings. The first kappa shape index (κ1) is 11.2. The van der Waals surface area contributed by atoms with Crippen LogP contribution in [0.1, 0.15) is 20.3 Å². The molecule has 0 rings (SSSR count). The fraction of sp³-hybridized carbons (Fsp3) is 1.00. The average molecular weight is 173 g/mol. The van der Waals surface area contributed by atoms with Crippen LogP contribution in [-0.4, -0.2) is 20.7 Å². The van der Waals surface area contributed by atoms with E-state index in [1.54, 1.807) is 0 Å². The van der Waals surface area contributed by atoms with Crippen LogP contribution >= 0.6 is 0 Å².